The van der Waals surface area contributed by atoms with Gasteiger partial charge in [0.25, 0.3) is 0 Å². The summed E-state index contributed by atoms with van der Waals surface area (Å²) in [5.41, 5.74) is 0. The molecule has 0 heterocycles. The molecule has 0 radical (unpaired) electrons. The Morgan fingerprint density at radius 3 is 0.778 bits per heavy atom. The van der Waals surface area contributed by atoms with Gasteiger partial charge in [-0.05, 0) is 0 Å². The van der Waals surface area contributed by atoms with Gasteiger partial charge in [-0.2, -0.15) is 0 Å². The van der Waals surface area contributed by atoms with Crippen LogP contribution in [0.5, 0.6) is 0 Å². The van der Waals surface area contributed by atoms with Crippen LogP contribution in [0.1, 0.15) is 27.7 Å². The Morgan fingerprint density at radius 1 is 0.778 bits per heavy atom. The van der Waals surface area contributed by atoms with Crippen molar-refractivity contribution >= 4 is 0 Å². The fourth-order valence-corrected chi connectivity index (χ4v) is 0. The first-order chi connectivity index (χ1) is 3.46. The van der Waals surface area contributed by atoms with E-state index in [-0.39, 0.29) is 17.4 Å². The standard InChI is InChI=1S/2C3H7O.Cr/c2*1-3(2)4;/h2*3H,1-2H3;/q2*-1;+2. The van der Waals surface area contributed by atoms with Gasteiger partial charge < -0.3 is 10.2 Å². The minimum Gasteiger partial charge on any atom is -0.852 e. The molecule has 0 saturated heterocycles. The molecule has 0 aliphatic carbocycles. The van der Waals surface area contributed by atoms with E-state index < -0.39 is 12.2 Å². The van der Waals surface area contributed by atoms with E-state index in [0.29, 0.717) is 0 Å². The van der Waals surface area contributed by atoms with Crippen LogP contribution >= 0.6 is 0 Å². The monoisotopic (exact) mass is 170 g/mol. The molecule has 0 aromatic rings. The second-order valence-corrected chi connectivity index (χ2v) is 2.10. The zero-order valence-corrected chi connectivity index (χ0v) is 7.65. The maximum absolute atomic E-state index is 9.53. The van der Waals surface area contributed by atoms with E-state index in [1.54, 1.807) is 27.7 Å². The summed E-state index contributed by atoms with van der Waals surface area (Å²) in [7, 11) is 0. The number of hydrogen-bond acceptors (Lipinski definition) is 2. The van der Waals surface area contributed by atoms with E-state index in [9.17, 15) is 10.2 Å². The molecule has 0 unspecified atom stereocenters. The zero-order chi connectivity index (χ0) is 7.15. The van der Waals surface area contributed by atoms with Gasteiger partial charge in [0.05, 0.1) is 0 Å². The average molecular weight is 170 g/mol. The van der Waals surface area contributed by atoms with Crippen molar-refractivity contribution in [3.63, 3.8) is 0 Å². The van der Waals surface area contributed by atoms with Gasteiger partial charge in [-0.15, -0.1) is 12.2 Å². The molecule has 0 saturated carbocycles. The minimum atomic E-state index is -0.417. The SMILES string of the molecule is CC(C)[O-].CC(C)[O-].[Cr+2]. The van der Waals surface area contributed by atoms with Gasteiger partial charge in [0.15, 0.2) is 0 Å². The Labute approximate surface area is 68.0 Å². The fraction of sp³-hybridized carbons (Fsp3) is 1.00. The Morgan fingerprint density at radius 2 is 0.778 bits per heavy atom. The summed E-state index contributed by atoms with van der Waals surface area (Å²) in [6.45, 7) is 6.44. The molecular formula is C6H14CrO2. The third-order valence-electron chi connectivity index (χ3n) is 0. The summed E-state index contributed by atoms with van der Waals surface area (Å²) in [6.07, 6.45) is -0.833. The largest absolute Gasteiger partial charge is 2.00 e. The normalized spacial score (nSPS) is 8.00. The fourth-order valence-electron chi connectivity index (χ4n) is 0. The van der Waals surface area contributed by atoms with Crippen LogP contribution in [0.25, 0.3) is 0 Å². The van der Waals surface area contributed by atoms with Gasteiger partial charge in [-0.3, -0.25) is 0 Å². The van der Waals surface area contributed by atoms with Gasteiger partial charge in [0, 0.05) is 0 Å². The molecule has 0 spiro atoms. The number of hydrogen-bond donors (Lipinski definition) is 0. The van der Waals surface area contributed by atoms with E-state index in [2.05, 4.69) is 0 Å². The number of rotatable bonds is 0. The van der Waals surface area contributed by atoms with E-state index in [1.807, 2.05) is 0 Å². The predicted molar refractivity (Wildman–Crippen MR) is 30.3 cm³/mol. The van der Waals surface area contributed by atoms with Gasteiger partial charge in [0.2, 0.25) is 0 Å². The first-order valence-electron chi connectivity index (χ1n) is 2.78. The molecule has 0 aromatic carbocycles. The molecule has 2 nitrogen and oxygen atoms in total. The van der Waals surface area contributed by atoms with Crippen molar-refractivity contribution in [1.29, 1.82) is 0 Å². The van der Waals surface area contributed by atoms with E-state index >= 15 is 0 Å². The topological polar surface area (TPSA) is 46.1 Å². The van der Waals surface area contributed by atoms with Crippen molar-refractivity contribution in [3.8, 4) is 0 Å². The Balaban J connectivity index is -0.0000000720. The van der Waals surface area contributed by atoms with Crippen LogP contribution in [0.2, 0.25) is 0 Å². The molecule has 3 heteroatoms. The first-order valence-corrected chi connectivity index (χ1v) is 2.78. The van der Waals surface area contributed by atoms with E-state index in [4.69, 9.17) is 0 Å². The van der Waals surface area contributed by atoms with Crippen molar-refractivity contribution in [1.82, 2.24) is 0 Å². The third-order valence-corrected chi connectivity index (χ3v) is 0. The van der Waals surface area contributed by atoms with Crippen molar-refractivity contribution in [2.45, 2.75) is 39.9 Å². The van der Waals surface area contributed by atoms with Crippen molar-refractivity contribution in [3.05, 3.63) is 0 Å². The quantitative estimate of drug-likeness (QED) is 0.492. The minimum absolute atomic E-state index is 0. The van der Waals surface area contributed by atoms with Crippen molar-refractivity contribution in [2.75, 3.05) is 0 Å². The third kappa shape index (κ3) is 1720. The van der Waals surface area contributed by atoms with Crippen LogP contribution in [0.15, 0.2) is 0 Å². The van der Waals surface area contributed by atoms with Gasteiger partial charge >= 0.3 is 17.4 Å². The molecule has 0 bridgehead atoms. The average Bonchev–Trinajstić information content (AvgIpc) is 1.25. The molecule has 0 aromatic heterocycles. The summed E-state index contributed by atoms with van der Waals surface area (Å²) < 4.78 is 0. The smallest absolute Gasteiger partial charge is 0.852 e. The van der Waals surface area contributed by atoms with Crippen molar-refractivity contribution < 1.29 is 27.6 Å². The molecule has 0 fully saturated rings. The summed E-state index contributed by atoms with van der Waals surface area (Å²) in [5.74, 6) is 0. The summed E-state index contributed by atoms with van der Waals surface area (Å²) in [5, 5.41) is 19.1. The van der Waals surface area contributed by atoms with Gasteiger partial charge in [0.1, 0.15) is 0 Å². The molecule has 0 amide bonds. The maximum atomic E-state index is 9.53. The molecule has 0 rings (SSSR count). The summed E-state index contributed by atoms with van der Waals surface area (Å²) in [6, 6.07) is 0. The molecule has 0 aliphatic rings. The molecule has 0 aliphatic heterocycles. The molecular weight excluding hydrogens is 156 g/mol. The molecule has 0 N–H and O–H groups in total. The van der Waals surface area contributed by atoms with Crippen LogP contribution in [-0.2, 0) is 17.4 Å². The maximum Gasteiger partial charge on any atom is 2.00 e. The zero-order valence-electron chi connectivity index (χ0n) is 6.38. The van der Waals surface area contributed by atoms with Crippen LogP contribution in [-0.4, -0.2) is 12.2 Å². The van der Waals surface area contributed by atoms with E-state index in [0.717, 1.165) is 0 Å². The Kier molecular flexibility index (Phi) is 20.3. The molecule has 9 heavy (non-hydrogen) atoms. The second-order valence-electron chi connectivity index (χ2n) is 2.10. The van der Waals surface area contributed by atoms with Crippen LogP contribution in [0, 0.1) is 0 Å². The van der Waals surface area contributed by atoms with Crippen molar-refractivity contribution in [2.24, 2.45) is 0 Å². The van der Waals surface area contributed by atoms with Gasteiger partial charge in [-0.1, -0.05) is 27.7 Å². The summed E-state index contributed by atoms with van der Waals surface area (Å²) in [4.78, 5) is 0. The van der Waals surface area contributed by atoms with Crippen LogP contribution in [0.3, 0.4) is 0 Å². The van der Waals surface area contributed by atoms with Crippen LogP contribution in [0.4, 0.5) is 0 Å². The predicted octanol–water partition coefficient (Wildman–Crippen LogP) is -0.492. The van der Waals surface area contributed by atoms with E-state index in [1.165, 1.54) is 0 Å². The Hall–Kier alpha value is 0.452. The van der Waals surface area contributed by atoms with Gasteiger partial charge in [-0.25, -0.2) is 0 Å². The summed E-state index contributed by atoms with van der Waals surface area (Å²) >= 11 is 0. The molecule has 0 atom stereocenters. The second kappa shape index (κ2) is 11.3. The first kappa shape index (κ1) is 16.2. The van der Waals surface area contributed by atoms with Crippen LogP contribution < -0.4 is 10.2 Å². The Bertz CT molecular complexity index is 26.5. The molecule has 56 valence electrons.